The molecule has 19 heavy (non-hydrogen) atoms. The highest BCUT2D eigenvalue weighted by Gasteiger charge is 2.31. The summed E-state index contributed by atoms with van der Waals surface area (Å²) < 4.78 is 40.5. The maximum absolute atomic E-state index is 11.9. The van der Waals surface area contributed by atoms with Crippen molar-refractivity contribution >= 4 is 12.4 Å². The molecule has 1 aliphatic heterocycles. The third-order valence-electron chi connectivity index (χ3n) is 3.47. The molecule has 114 valence electrons. The van der Waals surface area contributed by atoms with Crippen LogP contribution >= 0.6 is 12.4 Å². The molecule has 0 radical (unpaired) electrons. The quantitative estimate of drug-likeness (QED) is 0.730. The first kappa shape index (κ1) is 17.0. The van der Waals surface area contributed by atoms with E-state index in [-0.39, 0.29) is 19.0 Å². The van der Waals surface area contributed by atoms with E-state index in [4.69, 9.17) is 0 Å². The first-order chi connectivity index (χ1) is 8.54. The van der Waals surface area contributed by atoms with E-state index in [1.807, 2.05) is 0 Å². The minimum atomic E-state index is -4.21. The van der Waals surface area contributed by atoms with Gasteiger partial charge in [-0.25, -0.2) is 0 Å². The van der Waals surface area contributed by atoms with Crippen molar-refractivity contribution in [1.29, 1.82) is 0 Å². The lowest BCUT2D eigenvalue weighted by Crippen LogP contribution is -2.40. The van der Waals surface area contributed by atoms with Gasteiger partial charge in [-0.1, -0.05) is 0 Å². The van der Waals surface area contributed by atoms with E-state index in [1.54, 1.807) is 0 Å². The second-order valence-corrected chi connectivity index (χ2v) is 5.19. The molecule has 1 unspecified atom stereocenters. The zero-order chi connectivity index (χ0) is 13.0. The molecule has 1 N–H and O–H groups in total. The molecule has 2 fully saturated rings. The van der Waals surface area contributed by atoms with E-state index in [2.05, 4.69) is 15.0 Å². The molecule has 0 aromatic carbocycles. The van der Waals surface area contributed by atoms with E-state index in [1.165, 1.54) is 25.7 Å². The van der Waals surface area contributed by atoms with Crippen LogP contribution in [0.5, 0.6) is 0 Å². The molecule has 0 spiro atoms. The predicted octanol–water partition coefficient (Wildman–Crippen LogP) is 2.20. The number of hydrogen-bond acceptors (Lipinski definition) is 3. The average molecular weight is 303 g/mol. The summed E-state index contributed by atoms with van der Waals surface area (Å²) in [6.45, 7) is 1.66. The Morgan fingerprint density at radius 3 is 2.47 bits per heavy atom. The average Bonchev–Trinajstić information content (AvgIpc) is 3.00. The van der Waals surface area contributed by atoms with Gasteiger partial charge in [0.1, 0.15) is 6.61 Å². The van der Waals surface area contributed by atoms with Gasteiger partial charge < -0.3 is 10.1 Å². The van der Waals surface area contributed by atoms with Crippen LogP contribution in [0.4, 0.5) is 13.2 Å². The van der Waals surface area contributed by atoms with E-state index < -0.39 is 12.8 Å². The summed E-state index contributed by atoms with van der Waals surface area (Å²) in [6, 6.07) is 1.08. The SMILES string of the molecule is Cl.FC(F)(F)COCCN(CC1CCCN1)C1CC1. The zero-order valence-electron chi connectivity index (χ0n) is 10.9. The van der Waals surface area contributed by atoms with Crippen molar-refractivity contribution in [2.45, 2.75) is 43.9 Å². The normalized spacial score (nSPS) is 23.7. The maximum atomic E-state index is 11.9. The molecule has 2 aliphatic rings. The van der Waals surface area contributed by atoms with Crippen LogP contribution in [0, 0.1) is 0 Å². The van der Waals surface area contributed by atoms with Crippen molar-refractivity contribution in [2.75, 3.05) is 32.8 Å². The highest BCUT2D eigenvalue weighted by atomic mass is 35.5. The monoisotopic (exact) mass is 302 g/mol. The summed E-state index contributed by atoms with van der Waals surface area (Å²) in [5.74, 6) is 0. The van der Waals surface area contributed by atoms with Gasteiger partial charge in [-0.2, -0.15) is 13.2 Å². The minimum absolute atomic E-state index is 0. The van der Waals surface area contributed by atoms with E-state index in [0.29, 0.717) is 18.6 Å². The van der Waals surface area contributed by atoms with Crippen molar-refractivity contribution in [3.8, 4) is 0 Å². The summed E-state index contributed by atoms with van der Waals surface area (Å²) in [5.41, 5.74) is 0. The second kappa shape index (κ2) is 7.67. The molecular formula is C12H22ClF3N2O. The Morgan fingerprint density at radius 2 is 1.95 bits per heavy atom. The Bertz CT molecular complexity index is 256. The van der Waals surface area contributed by atoms with Gasteiger partial charge in [-0.05, 0) is 32.2 Å². The van der Waals surface area contributed by atoms with Gasteiger partial charge in [0.25, 0.3) is 0 Å². The lowest BCUT2D eigenvalue weighted by atomic mass is 10.2. The molecule has 0 bridgehead atoms. The second-order valence-electron chi connectivity index (χ2n) is 5.19. The molecule has 1 saturated carbocycles. The lowest BCUT2D eigenvalue weighted by molar-refractivity contribution is -0.174. The molecule has 1 heterocycles. The van der Waals surface area contributed by atoms with Crippen LogP contribution < -0.4 is 5.32 Å². The van der Waals surface area contributed by atoms with Gasteiger partial charge in [0, 0.05) is 25.2 Å². The highest BCUT2D eigenvalue weighted by Crippen LogP contribution is 2.27. The van der Waals surface area contributed by atoms with Crippen molar-refractivity contribution in [3.63, 3.8) is 0 Å². The molecule has 2 rings (SSSR count). The molecule has 0 amide bonds. The first-order valence-electron chi connectivity index (χ1n) is 6.66. The Hall–Kier alpha value is -0.0400. The summed E-state index contributed by atoms with van der Waals surface area (Å²) in [7, 11) is 0. The minimum Gasteiger partial charge on any atom is -0.371 e. The lowest BCUT2D eigenvalue weighted by Gasteiger charge is -2.25. The van der Waals surface area contributed by atoms with Gasteiger partial charge in [-0.3, -0.25) is 4.90 Å². The topological polar surface area (TPSA) is 24.5 Å². The van der Waals surface area contributed by atoms with Crippen LogP contribution in [0.1, 0.15) is 25.7 Å². The van der Waals surface area contributed by atoms with Crippen LogP contribution in [0.3, 0.4) is 0 Å². The number of ether oxygens (including phenoxy) is 1. The van der Waals surface area contributed by atoms with E-state index >= 15 is 0 Å². The van der Waals surface area contributed by atoms with Crippen molar-refractivity contribution in [1.82, 2.24) is 10.2 Å². The number of halogens is 4. The zero-order valence-corrected chi connectivity index (χ0v) is 11.7. The van der Waals surface area contributed by atoms with E-state index in [9.17, 15) is 13.2 Å². The van der Waals surface area contributed by atoms with Gasteiger partial charge in [-0.15, -0.1) is 12.4 Å². The highest BCUT2D eigenvalue weighted by molar-refractivity contribution is 5.85. The molecule has 7 heteroatoms. The van der Waals surface area contributed by atoms with Gasteiger partial charge in [0.2, 0.25) is 0 Å². The molecule has 1 aliphatic carbocycles. The molecular weight excluding hydrogens is 281 g/mol. The van der Waals surface area contributed by atoms with Crippen LogP contribution in [0.15, 0.2) is 0 Å². The Morgan fingerprint density at radius 1 is 1.21 bits per heavy atom. The number of alkyl halides is 3. The number of rotatable bonds is 7. The Balaban J connectivity index is 0.00000180. The van der Waals surface area contributed by atoms with E-state index in [0.717, 1.165) is 13.1 Å². The number of nitrogens with zero attached hydrogens (tertiary/aromatic N) is 1. The van der Waals surface area contributed by atoms with Crippen LogP contribution in [0.25, 0.3) is 0 Å². The van der Waals surface area contributed by atoms with Crippen LogP contribution in [-0.2, 0) is 4.74 Å². The van der Waals surface area contributed by atoms with Crippen molar-refractivity contribution in [3.05, 3.63) is 0 Å². The largest absolute Gasteiger partial charge is 0.411 e. The molecule has 3 nitrogen and oxygen atoms in total. The predicted molar refractivity (Wildman–Crippen MR) is 69.7 cm³/mol. The number of hydrogen-bond donors (Lipinski definition) is 1. The standard InChI is InChI=1S/C12H21F3N2O.ClH/c13-12(14,15)9-18-7-6-17(11-3-4-11)8-10-2-1-5-16-10;/h10-11,16H,1-9H2;1H. The fraction of sp³-hybridized carbons (Fsp3) is 1.00. The fourth-order valence-electron chi connectivity index (χ4n) is 2.43. The summed E-state index contributed by atoms with van der Waals surface area (Å²) in [4.78, 5) is 2.28. The third kappa shape index (κ3) is 6.79. The van der Waals surface area contributed by atoms with Crippen molar-refractivity contribution in [2.24, 2.45) is 0 Å². The smallest absolute Gasteiger partial charge is 0.371 e. The van der Waals surface area contributed by atoms with Crippen molar-refractivity contribution < 1.29 is 17.9 Å². The summed E-state index contributed by atoms with van der Waals surface area (Å²) in [5, 5.41) is 3.42. The molecule has 0 aromatic rings. The molecule has 1 atom stereocenters. The van der Waals surface area contributed by atoms with Gasteiger partial charge >= 0.3 is 6.18 Å². The molecule has 0 aromatic heterocycles. The van der Waals surface area contributed by atoms with Gasteiger partial charge in [0.15, 0.2) is 0 Å². The summed E-state index contributed by atoms with van der Waals surface area (Å²) in [6.07, 6.45) is 0.510. The number of nitrogens with one attached hydrogen (secondary N) is 1. The molecule has 1 saturated heterocycles. The Labute approximate surface area is 118 Å². The van der Waals surface area contributed by atoms with Crippen LogP contribution in [-0.4, -0.2) is 56.0 Å². The Kier molecular flexibility index (Phi) is 6.86. The maximum Gasteiger partial charge on any atom is 0.411 e. The fourth-order valence-corrected chi connectivity index (χ4v) is 2.43. The van der Waals surface area contributed by atoms with Crippen LogP contribution in [0.2, 0.25) is 0 Å². The summed E-state index contributed by atoms with van der Waals surface area (Å²) >= 11 is 0. The first-order valence-corrected chi connectivity index (χ1v) is 6.66. The van der Waals surface area contributed by atoms with Gasteiger partial charge in [0.05, 0.1) is 6.61 Å². The third-order valence-corrected chi connectivity index (χ3v) is 3.47.